The summed E-state index contributed by atoms with van der Waals surface area (Å²) in [7, 11) is -1.85. The molecule has 8 nitrogen and oxygen atoms in total. The highest BCUT2D eigenvalue weighted by molar-refractivity contribution is 7.89. The number of carbonyl (C=O) groups excluding carboxylic acids is 1. The Morgan fingerprint density at radius 3 is 2.26 bits per heavy atom. The monoisotopic (exact) mass is 482 g/mol. The Morgan fingerprint density at radius 2 is 1.65 bits per heavy atom. The van der Waals surface area contributed by atoms with E-state index >= 15 is 0 Å². The Morgan fingerprint density at radius 1 is 1.00 bits per heavy atom. The molecule has 1 saturated heterocycles. The lowest BCUT2D eigenvalue weighted by atomic mass is 9.97. The summed E-state index contributed by atoms with van der Waals surface area (Å²) in [6, 6.07) is 14.5. The molecule has 1 amide bonds. The SMILES string of the molecule is Cc1ccc(S(=O)(=O)N2CCC(C(=O)Nc3c(C)n(C)n(-c4ccccc4)c3=O)CC2)c(C)c1. The number of benzene rings is 2. The van der Waals surface area contributed by atoms with Gasteiger partial charge in [0, 0.05) is 26.1 Å². The van der Waals surface area contributed by atoms with Gasteiger partial charge in [-0.1, -0.05) is 35.9 Å². The van der Waals surface area contributed by atoms with Gasteiger partial charge in [0.2, 0.25) is 15.9 Å². The summed E-state index contributed by atoms with van der Waals surface area (Å²) in [6.07, 6.45) is 0.795. The van der Waals surface area contributed by atoms with Crippen LogP contribution < -0.4 is 10.9 Å². The highest BCUT2D eigenvalue weighted by atomic mass is 32.2. The maximum atomic E-state index is 13.1. The van der Waals surface area contributed by atoms with Gasteiger partial charge in [-0.2, -0.15) is 4.31 Å². The number of amides is 1. The number of hydrogen-bond acceptors (Lipinski definition) is 4. The van der Waals surface area contributed by atoms with Crippen molar-refractivity contribution in [1.82, 2.24) is 13.7 Å². The van der Waals surface area contributed by atoms with Crippen LogP contribution in [0.1, 0.15) is 29.7 Å². The number of piperidine rings is 1. The Labute approximate surface area is 199 Å². The van der Waals surface area contributed by atoms with Gasteiger partial charge in [-0.3, -0.25) is 14.3 Å². The van der Waals surface area contributed by atoms with Crippen LogP contribution in [0.4, 0.5) is 5.69 Å². The van der Waals surface area contributed by atoms with Crippen molar-refractivity contribution in [2.24, 2.45) is 13.0 Å². The summed E-state index contributed by atoms with van der Waals surface area (Å²) in [5.74, 6) is -0.621. The van der Waals surface area contributed by atoms with Crippen LogP contribution in [0, 0.1) is 26.7 Å². The minimum Gasteiger partial charge on any atom is -0.320 e. The van der Waals surface area contributed by atoms with Crippen molar-refractivity contribution in [2.45, 2.75) is 38.5 Å². The number of rotatable bonds is 5. The second kappa shape index (κ2) is 9.23. The Hall–Kier alpha value is -3.17. The summed E-state index contributed by atoms with van der Waals surface area (Å²) in [5.41, 5.74) is 3.04. The molecule has 1 aliphatic heterocycles. The summed E-state index contributed by atoms with van der Waals surface area (Å²) in [5, 5.41) is 2.82. The largest absolute Gasteiger partial charge is 0.320 e. The summed E-state index contributed by atoms with van der Waals surface area (Å²) in [4.78, 5) is 26.4. The van der Waals surface area contributed by atoms with Gasteiger partial charge >= 0.3 is 0 Å². The molecule has 0 saturated carbocycles. The maximum absolute atomic E-state index is 13.1. The molecule has 0 spiro atoms. The van der Waals surface area contributed by atoms with Crippen molar-refractivity contribution in [2.75, 3.05) is 18.4 Å². The molecule has 4 rings (SSSR count). The van der Waals surface area contributed by atoms with Crippen LogP contribution in [0.15, 0.2) is 58.2 Å². The second-order valence-corrected chi connectivity index (χ2v) is 10.8. The standard InChI is InChI=1S/C25H30N4O4S/c1-17-10-11-22(18(2)16-17)34(32,33)28-14-12-20(13-15-28)24(30)26-23-19(3)27(4)29(25(23)31)21-8-6-5-7-9-21/h5-11,16,20H,12-15H2,1-4H3,(H,26,30). The van der Waals surface area contributed by atoms with E-state index in [1.165, 1.54) is 8.99 Å². The first-order valence-corrected chi connectivity index (χ1v) is 12.8. The zero-order valence-corrected chi connectivity index (χ0v) is 20.7. The lowest BCUT2D eigenvalue weighted by Gasteiger charge is -2.30. The molecule has 3 aromatic rings. The molecule has 9 heteroatoms. The Bertz CT molecular complexity index is 1380. The van der Waals surface area contributed by atoms with Gasteiger partial charge in [0.15, 0.2) is 0 Å². The molecule has 1 aromatic heterocycles. The first-order valence-electron chi connectivity index (χ1n) is 11.3. The van der Waals surface area contributed by atoms with E-state index in [2.05, 4.69) is 5.32 Å². The number of para-hydroxylation sites is 1. The molecule has 2 aromatic carbocycles. The van der Waals surface area contributed by atoms with Gasteiger partial charge < -0.3 is 5.32 Å². The van der Waals surface area contributed by atoms with Crippen LogP contribution >= 0.6 is 0 Å². The lowest BCUT2D eigenvalue weighted by Crippen LogP contribution is -2.41. The zero-order chi connectivity index (χ0) is 24.6. The molecule has 34 heavy (non-hydrogen) atoms. The van der Waals surface area contributed by atoms with Crippen molar-refractivity contribution in [3.8, 4) is 5.69 Å². The van der Waals surface area contributed by atoms with Crippen LogP contribution in [0.2, 0.25) is 0 Å². The molecular formula is C25H30N4O4S. The van der Waals surface area contributed by atoms with Gasteiger partial charge in [-0.25, -0.2) is 13.1 Å². The third kappa shape index (κ3) is 4.33. The van der Waals surface area contributed by atoms with Crippen LogP contribution in [0.25, 0.3) is 5.69 Å². The van der Waals surface area contributed by atoms with E-state index in [0.29, 0.717) is 34.7 Å². The number of aromatic nitrogens is 2. The minimum absolute atomic E-state index is 0.252. The first-order chi connectivity index (χ1) is 16.1. The Kier molecular flexibility index (Phi) is 6.51. The molecule has 0 atom stereocenters. The van der Waals surface area contributed by atoms with Crippen molar-refractivity contribution >= 4 is 21.6 Å². The highest BCUT2D eigenvalue weighted by Crippen LogP contribution is 2.27. The smallest absolute Gasteiger partial charge is 0.295 e. The topological polar surface area (TPSA) is 93.4 Å². The molecule has 180 valence electrons. The number of anilines is 1. The van der Waals surface area contributed by atoms with Crippen LogP contribution in [0.5, 0.6) is 0 Å². The Balaban J connectivity index is 1.47. The highest BCUT2D eigenvalue weighted by Gasteiger charge is 2.33. The number of aryl methyl sites for hydroxylation is 2. The number of hydrogen-bond donors (Lipinski definition) is 1. The minimum atomic E-state index is -3.62. The van der Waals surface area contributed by atoms with Crippen LogP contribution in [-0.4, -0.2) is 41.1 Å². The van der Waals surface area contributed by atoms with E-state index in [9.17, 15) is 18.0 Å². The zero-order valence-electron chi connectivity index (χ0n) is 19.9. The fraction of sp³-hybridized carbons (Fsp3) is 0.360. The summed E-state index contributed by atoms with van der Waals surface area (Å²) >= 11 is 0. The molecule has 0 radical (unpaired) electrons. The molecule has 0 unspecified atom stereocenters. The van der Waals surface area contributed by atoms with E-state index in [0.717, 1.165) is 5.56 Å². The van der Waals surface area contributed by atoms with Crippen molar-refractivity contribution < 1.29 is 13.2 Å². The van der Waals surface area contributed by atoms with Gasteiger partial charge in [0.05, 0.1) is 16.3 Å². The predicted molar refractivity (Wildman–Crippen MR) is 132 cm³/mol. The normalized spacial score (nSPS) is 15.4. The van der Waals surface area contributed by atoms with Crippen molar-refractivity contribution in [1.29, 1.82) is 0 Å². The molecule has 0 bridgehead atoms. The van der Waals surface area contributed by atoms with E-state index in [-0.39, 0.29) is 36.2 Å². The molecular weight excluding hydrogens is 452 g/mol. The summed E-state index contributed by atoms with van der Waals surface area (Å²) < 4.78 is 30.9. The second-order valence-electron chi connectivity index (χ2n) is 8.87. The number of sulfonamides is 1. The maximum Gasteiger partial charge on any atom is 0.295 e. The van der Waals surface area contributed by atoms with Gasteiger partial charge in [-0.15, -0.1) is 0 Å². The van der Waals surface area contributed by atoms with E-state index < -0.39 is 10.0 Å². The average molecular weight is 483 g/mol. The predicted octanol–water partition coefficient (Wildman–Crippen LogP) is 3.14. The first kappa shape index (κ1) is 24.0. The molecule has 0 aliphatic carbocycles. The number of nitrogens with one attached hydrogen (secondary N) is 1. The third-order valence-electron chi connectivity index (χ3n) is 6.58. The van der Waals surface area contributed by atoms with E-state index in [4.69, 9.17) is 0 Å². The quantitative estimate of drug-likeness (QED) is 0.605. The van der Waals surface area contributed by atoms with Gasteiger partial charge in [0.1, 0.15) is 5.69 Å². The molecule has 1 aliphatic rings. The van der Waals surface area contributed by atoms with Gasteiger partial charge in [-0.05, 0) is 57.4 Å². The van der Waals surface area contributed by atoms with Crippen molar-refractivity contribution in [3.63, 3.8) is 0 Å². The average Bonchev–Trinajstić information content (AvgIpc) is 3.02. The fourth-order valence-corrected chi connectivity index (χ4v) is 6.20. The van der Waals surface area contributed by atoms with E-state index in [1.54, 1.807) is 37.7 Å². The summed E-state index contributed by atoms with van der Waals surface area (Å²) in [6.45, 7) is 6.03. The van der Waals surface area contributed by atoms with Crippen LogP contribution in [-0.2, 0) is 21.9 Å². The fourth-order valence-electron chi connectivity index (χ4n) is 4.52. The van der Waals surface area contributed by atoms with Crippen molar-refractivity contribution in [3.05, 3.63) is 75.7 Å². The molecule has 1 N–H and O–H groups in total. The molecule has 2 heterocycles. The molecule has 1 fully saturated rings. The lowest BCUT2D eigenvalue weighted by molar-refractivity contribution is -0.120. The number of carbonyl (C=O) groups is 1. The van der Waals surface area contributed by atoms with Gasteiger partial charge in [0.25, 0.3) is 5.56 Å². The third-order valence-corrected chi connectivity index (χ3v) is 8.63. The van der Waals surface area contributed by atoms with E-state index in [1.807, 2.05) is 43.3 Å². The van der Waals surface area contributed by atoms with Crippen LogP contribution in [0.3, 0.4) is 0 Å². The number of nitrogens with zero attached hydrogens (tertiary/aromatic N) is 3.